The highest BCUT2D eigenvalue weighted by molar-refractivity contribution is 5.18. The molecule has 1 unspecified atom stereocenters. The van der Waals surface area contributed by atoms with Gasteiger partial charge in [0.1, 0.15) is 12.4 Å². The fourth-order valence-electron chi connectivity index (χ4n) is 2.30. The Morgan fingerprint density at radius 2 is 1.94 bits per heavy atom. The Morgan fingerprint density at radius 1 is 1.38 bits per heavy atom. The maximum absolute atomic E-state index is 9.30. The summed E-state index contributed by atoms with van der Waals surface area (Å²) < 4.78 is 2.09. The van der Waals surface area contributed by atoms with Crippen LogP contribution in [0.2, 0.25) is 0 Å². The zero-order valence-corrected chi connectivity index (χ0v) is 10.8. The average Bonchev–Trinajstić information content (AvgIpc) is 2.63. The predicted octanol–water partition coefficient (Wildman–Crippen LogP) is 2.04. The molecule has 1 aromatic heterocycles. The van der Waals surface area contributed by atoms with E-state index >= 15 is 0 Å². The zero-order valence-electron chi connectivity index (χ0n) is 10.8. The van der Waals surface area contributed by atoms with Crippen LogP contribution in [-0.4, -0.2) is 19.9 Å². The summed E-state index contributed by atoms with van der Waals surface area (Å²) in [6.45, 7) is 10.8. The van der Waals surface area contributed by atoms with Gasteiger partial charge in [0.25, 0.3) is 0 Å². The van der Waals surface area contributed by atoms with Crippen LogP contribution in [0.25, 0.3) is 0 Å². The summed E-state index contributed by atoms with van der Waals surface area (Å²) in [6.07, 6.45) is 1.16. The Morgan fingerprint density at radius 3 is 2.31 bits per heavy atom. The van der Waals surface area contributed by atoms with Crippen LogP contribution in [0.15, 0.2) is 0 Å². The van der Waals surface area contributed by atoms with Gasteiger partial charge >= 0.3 is 0 Å². The van der Waals surface area contributed by atoms with Crippen LogP contribution >= 0.6 is 0 Å². The molecule has 4 nitrogen and oxygen atoms in total. The van der Waals surface area contributed by atoms with E-state index in [2.05, 4.69) is 49.4 Å². The number of aliphatic hydroxyl groups excluding tert-OH is 1. The van der Waals surface area contributed by atoms with Gasteiger partial charge < -0.3 is 9.67 Å². The molecule has 1 aliphatic carbocycles. The van der Waals surface area contributed by atoms with Crippen molar-refractivity contribution in [3.05, 3.63) is 11.6 Å². The van der Waals surface area contributed by atoms with Gasteiger partial charge in [-0.2, -0.15) is 0 Å². The van der Waals surface area contributed by atoms with Crippen LogP contribution in [-0.2, 0) is 12.1 Å². The lowest BCUT2D eigenvalue weighted by Crippen LogP contribution is -2.26. The first-order valence-electron chi connectivity index (χ1n) is 5.83. The summed E-state index contributed by atoms with van der Waals surface area (Å²) in [5.41, 5.74) is 0.262. The lowest BCUT2D eigenvalue weighted by atomic mass is 10.1. The number of aliphatic hydroxyl groups is 1. The molecule has 0 spiro atoms. The largest absolute Gasteiger partial charge is 0.388 e. The topological polar surface area (TPSA) is 50.9 Å². The minimum atomic E-state index is -0.0738. The van der Waals surface area contributed by atoms with Crippen molar-refractivity contribution in [1.82, 2.24) is 14.8 Å². The molecule has 0 aliphatic heterocycles. The van der Waals surface area contributed by atoms with E-state index in [0.29, 0.717) is 17.2 Å². The smallest absolute Gasteiger partial charge is 0.159 e. The first-order chi connectivity index (χ1) is 7.27. The van der Waals surface area contributed by atoms with E-state index in [9.17, 15) is 5.11 Å². The summed E-state index contributed by atoms with van der Waals surface area (Å²) in [5.74, 6) is 2.19. The molecule has 4 heteroatoms. The van der Waals surface area contributed by atoms with Crippen LogP contribution in [0.4, 0.5) is 0 Å². The van der Waals surface area contributed by atoms with Crippen molar-refractivity contribution in [1.29, 1.82) is 0 Å². The minimum Gasteiger partial charge on any atom is -0.388 e. The second-order valence-corrected chi connectivity index (χ2v) is 6.38. The van der Waals surface area contributed by atoms with Crippen molar-refractivity contribution >= 4 is 0 Å². The molecule has 0 amide bonds. The number of aromatic nitrogens is 3. The fourth-order valence-corrected chi connectivity index (χ4v) is 2.30. The summed E-state index contributed by atoms with van der Waals surface area (Å²) in [6, 6.07) is 0. The highest BCUT2D eigenvalue weighted by Crippen LogP contribution is 2.58. The second kappa shape index (κ2) is 3.29. The Kier molecular flexibility index (Phi) is 2.38. The molecule has 1 fully saturated rings. The van der Waals surface area contributed by atoms with Crippen molar-refractivity contribution in [3.8, 4) is 0 Å². The first-order valence-corrected chi connectivity index (χ1v) is 5.83. The molecule has 90 valence electrons. The summed E-state index contributed by atoms with van der Waals surface area (Å²) in [4.78, 5) is 0. The summed E-state index contributed by atoms with van der Waals surface area (Å²) in [7, 11) is 0. The van der Waals surface area contributed by atoms with Crippen molar-refractivity contribution in [3.63, 3.8) is 0 Å². The summed E-state index contributed by atoms with van der Waals surface area (Å²) >= 11 is 0. The maximum atomic E-state index is 9.30. The van der Waals surface area contributed by atoms with E-state index in [-0.39, 0.29) is 12.1 Å². The molecule has 1 aromatic rings. The van der Waals surface area contributed by atoms with Gasteiger partial charge in [-0.1, -0.05) is 13.8 Å². The Balaban J connectivity index is 2.44. The van der Waals surface area contributed by atoms with Crippen LogP contribution in [0, 0.1) is 5.41 Å². The van der Waals surface area contributed by atoms with Gasteiger partial charge in [0.2, 0.25) is 0 Å². The van der Waals surface area contributed by atoms with Gasteiger partial charge in [-0.3, -0.25) is 0 Å². The normalized spacial score (nSPS) is 23.5. The molecule has 1 atom stereocenters. The Labute approximate surface area is 96.7 Å². The molecular weight excluding hydrogens is 202 g/mol. The second-order valence-electron chi connectivity index (χ2n) is 6.38. The SMILES string of the molecule is CC1(C)CC1c1nnc(CO)n1C(C)(C)C. The predicted molar refractivity (Wildman–Crippen MR) is 62.1 cm³/mol. The van der Waals surface area contributed by atoms with Crippen LogP contribution < -0.4 is 0 Å². The van der Waals surface area contributed by atoms with Crippen LogP contribution in [0.3, 0.4) is 0 Å². The average molecular weight is 223 g/mol. The van der Waals surface area contributed by atoms with E-state index in [1.54, 1.807) is 0 Å². The van der Waals surface area contributed by atoms with Gasteiger partial charge in [0.15, 0.2) is 5.82 Å². The molecule has 0 radical (unpaired) electrons. The lowest BCUT2D eigenvalue weighted by molar-refractivity contribution is 0.247. The monoisotopic (exact) mass is 223 g/mol. The van der Waals surface area contributed by atoms with E-state index in [4.69, 9.17) is 0 Å². The van der Waals surface area contributed by atoms with Gasteiger partial charge in [0.05, 0.1) is 0 Å². The van der Waals surface area contributed by atoms with Crippen molar-refractivity contribution in [2.75, 3.05) is 0 Å². The molecule has 16 heavy (non-hydrogen) atoms. The highest BCUT2D eigenvalue weighted by Gasteiger charge is 2.50. The van der Waals surface area contributed by atoms with Gasteiger partial charge in [-0.15, -0.1) is 10.2 Å². The molecule has 1 N–H and O–H groups in total. The quantitative estimate of drug-likeness (QED) is 0.834. The Hall–Kier alpha value is -0.900. The van der Waals surface area contributed by atoms with Crippen molar-refractivity contribution in [2.24, 2.45) is 5.41 Å². The minimum absolute atomic E-state index is 0.0442. The molecule has 1 heterocycles. The first kappa shape index (κ1) is 11.6. The van der Waals surface area contributed by atoms with E-state index in [1.807, 2.05) is 0 Å². The molecule has 2 rings (SSSR count). The van der Waals surface area contributed by atoms with E-state index < -0.39 is 0 Å². The number of nitrogens with zero attached hydrogens (tertiary/aromatic N) is 3. The standard InChI is InChI=1S/C12H21N3O/c1-11(2,3)15-9(7-16)13-14-10(15)8-6-12(8,4)5/h8,16H,6-7H2,1-5H3. The molecule has 0 bridgehead atoms. The van der Waals surface area contributed by atoms with Gasteiger partial charge in [-0.05, 0) is 32.6 Å². The molecule has 0 saturated heterocycles. The maximum Gasteiger partial charge on any atom is 0.159 e. The van der Waals surface area contributed by atoms with Crippen LogP contribution in [0.1, 0.15) is 58.6 Å². The van der Waals surface area contributed by atoms with Gasteiger partial charge in [-0.25, -0.2) is 0 Å². The van der Waals surface area contributed by atoms with Crippen LogP contribution in [0.5, 0.6) is 0 Å². The third-order valence-corrected chi connectivity index (χ3v) is 3.39. The van der Waals surface area contributed by atoms with E-state index in [0.717, 1.165) is 12.2 Å². The summed E-state index contributed by atoms with van der Waals surface area (Å²) in [5, 5.41) is 17.7. The highest BCUT2D eigenvalue weighted by atomic mass is 16.3. The fraction of sp³-hybridized carbons (Fsp3) is 0.833. The third-order valence-electron chi connectivity index (χ3n) is 3.39. The van der Waals surface area contributed by atoms with Gasteiger partial charge in [0, 0.05) is 11.5 Å². The van der Waals surface area contributed by atoms with E-state index in [1.165, 1.54) is 0 Å². The number of rotatable bonds is 2. The zero-order chi connectivity index (χ0) is 12.1. The number of hydrogen-bond donors (Lipinski definition) is 1. The lowest BCUT2D eigenvalue weighted by Gasteiger charge is -2.25. The van der Waals surface area contributed by atoms with Crippen molar-refractivity contribution in [2.45, 2.75) is 59.1 Å². The third kappa shape index (κ3) is 1.75. The molecule has 0 aromatic carbocycles. The van der Waals surface area contributed by atoms with Crippen molar-refractivity contribution < 1.29 is 5.11 Å². The molecular formula is C12H21N3O. The Bertz CT molecular complexity index is 401. The molecule has 1 aliphatic rings. The number of hydrogen-bond acceptors (Lipinski definition) is 3. The molecule has 1 saturated carbocycles.